The Bertz CT molecular complexity index is 1210. The topological polar surface area (TPSA) is 84.9 Å². The second-order valence-electron chi connectivity index (χ2n) is 7.71. The van der Waals surface area contributed by atoms with Crippen LogP contribution in [0.2, 0.25) is 0 Å². The Morgan fingerprint density at radius 2 is 1.68 bits per heavy atom. The highest BCUT2D eigenvalue weighted by atomic mass is 32.2. The SMILES string of the molecule is COc1ccccc1[C@@H](C)NC(=O)COc1ccc(N(Cc2ccc(F)cc2)S(C)(=O)=O)cc1. The first-order valence-corrected chi connectivity index (χ1v) is 12.4. The molecule has 0 aliphatic rings. The lowest BCUT2D eigenvalue weighted by molar-refractivity contribution is -0.123. The number of para-hydroxylation sites is 1. The van der Waals surface area contributed by atoms with E-state index in [1.54, 1.807) is 31.4 Å². The number of carbonyl (C=O) groups is 1. The quantitative estimate of drug-likeness (QED) is 0.467. The van der Waals surface area contributed by atoms with Crippen LogP contribution in [0.3, 0.4) is 0 Å². The summed E-state index contributed by atoms with van der Waals surface area (Å²) in [4.78, 5) is 12.3. The third-order valence-corrected chi connectivity index (χ3v) is 6.26. The van der Waals surface area contributed by atoms with E-state index >= 15 is 0 Å². The molecule has 0 radical (unpaired) electrons. The molecular weight excluding hydrogens is 459 g/mol. The highest BCUT2D eigenvalue weighted by Crippen LogP contribution is 2.25. The van der Waals surface area contributed by atoms with Crippen LogP contribution < -0.4 is 19.1 Å². The van der Waals surface area contributed by atoms with Gasteiger partial charge in [0.15, 0.2) is 6.61 Å². The lowest BCUT2D eigenvalue weighted by Crippen LogP contribution is -2.31. The number of rotatable bonds is 10. The zero-order chi connectivity index (χ0) is 24.7. The number of hydrogen-bond donors (Lipinski definition) is 1. The van der Waals surface area contributed by atoms with Crippen molar-refractivity contribution in [3.63, 3.8) is 0 Å². The Kier molecular flexibility index (Phi) is 8.12. The van der Waals surface area contributed by atoms with Crippen molar-refractivity contribution < 1.29 is 27.1 Å². The molecule has 3 aromatic carbocycles. The van der Waals surface area contributed by atoms with Crippen molar-refractivity contribution in [3.05, 3.63) is 89.7 Å². The van der Waals surface area contributed by atoms with Gasteiger partial charge in [-0.05, 0) is 55.0 Å². The van der Waals surface area contributed by atoms with E-state index in [2.05, 4.69) is 5.32 Å². The molecule has 0 heterocycles. The van der Waals surface area contributed by atoms with Gasteiger partial charge in [-0.2, -0.15) is 0 Å². The van der Waals surface area contributed by atoms with E-state index in [-0.39, 0.29) is 25.1 Å². The van der Waals surface area contributed by atoms with Gasteiger partial charge in [0.1, 0.15) is 17.3 Å². The summed E-state index contributed by atoms with van der Waals surface area (Å²) in [6.45, 7) is 1.71. The van der Waals surface area contributed by atoms with Crippen molar-refractivity contribution in [2.45, 2.75) is 19.5 Å². The second kappa shape index (κ2) is 11.0. The maximum absolute atomic E-state index is 13.2. The molecule has 0 unspecified atom stereocenters. The van der Waals surface area contributed by atoms with Gasteiger partial charge in [-0.25, -0.2) is 12.8 Å². The van der Waals surface area contributed by atoms with Gasteiger partial charge >= 0.3 is 0 Å². The standard InChI is InChI=1S/C25H27FN2O5S/c1-18(23-6-4-5-7-24(23)32-2)27-25(29)17-33-22-14-12-21(13-15-22)28(34(3,30)31)16-19-8-10-20(26)11-9-19/h4-15,18H,16-17H2,1-3H3,(H,27,29)/t18-/m1/s1. The Morgan fingerprint density at radius 1 is 1.03 bits per heavy atom. The Morgan fingerprint density at radius 3 is 2.29 bits per heavy atom. The lowest BCUT2D eigenvalue weighted by atomic mass is 10.1. The fourth-order valence-corrected chi connectivity index (χ4v) is 4.29. The summed E-state index contributed by atoms with van der Waals surface area (Å²) in [6.07, 6.45) is 1.11. The molecule has 1 atom stereocenters. The Balaban J connectivity index is 1.61. The predicted molar refractivity (Wildman–Crippen MR) is 129 cm³/mol. The molecule has 0 saturated carbocycles. The molecule has 0 aliphatic carbocycles. The molecule has 0 fully saturated rings. The van der Waals surface area contributed by atoms with E-state index in [9.17, 15) is 17.6 Å². The third-order valence-electron chi connectivity index (χ3n) is 5.12. The summed E-state index contributed by atoms with van der Waals surface area (Å²) in [5, 5.41) is 2.86. The molecule has 180 valence electrons. The minimum Gasteiger partial charge on any atom is -0.496 e. The van der Waals surface area contributed by atoms with Gasteiger partial charge in [0.05, 0.1) is 31.6 Å². The molecule has 0 bridgehead atoms. The van der Waals surface area contributed by atoms with Crippen LogP contribution in [-0.2, 0) is 21.4 Å². The first-order chi connectivity index (χ1) is 16.2. The first kappa shape index (κ1) is 25.0. The van der Waals surface area contributed by atoms with E-state index in [1.807, 2.05) is 31.2 Å². The number of methoxy groups -OCH3 is 1. The minimum absolute atomic E-state index is 0.0581. The molecular formula is C25H27FN2O5S. The monoisotopic (exact) mass is 486 g/mol. The van der Waals surface area contributed by atoms with Gasteiger partial charge in [-0.1, -0.05) is 30.3 Å². The number of carbonyl (C=O) groups excluding carboxylic acids is 1. The summed E-state index contributed by atoms with van der Waals surface area (Å²) in [5.41, 5.74) is 1.92. The average Bonchev–Trinajstić information content (AvgIpc) is 2.82. The molecule has 7 nitrogen and oxygen atoms in total. The van der Waals surface area contributed by atoms with Crippen LogP contribution in [0.15, 0.2) is 72.8 Å². The van der Waals surface area contributed by atoms with Gasteiger partial charge in [0.2, 0.25) is 10.0 Å². The number of ether oxygens (including phenoxy) is 2. The number of hydrogen-bond acceptors (Lipinski definition) is 5. The summed E-state index contributed by atoms with van der Waals surface area (Å²) in [5.74, 6) is 0.399. The average molecular weight is 487 g/mol. The van der Waals surface area contributed by atoms with E-state index < -0.39 is 15.8 Å². The molecule has 0 spiro atoms. The van der Waals surface area contributed by atoms with Gasteiger partial charge < -0.3 is 14.8 Å². The van der Waals surface area contributed by atoms with Gasteiger partial charge in [-0.3, -0.25) is 9.10 Å². The molecule has 1 N–H and O–H groups in total. The molecule has 3 aromatic rings. The van der Waals surface area contributed by atoms with Crippen molar-refractivity contribution >= 4 is 21.6 Å². The normalized spacial score (nSPS) is 12.0. The second-order valence-corrected chi connectivity index (χ2v) is 9.62. The maximum atomic E-state index is 13.2. The van der Waals surface area contributed by atoms with E-state index in [0.717, 1.165) is 11.8 Å². The van der Waals surface area contributed by atoms with Crippen LogP contribution in [0.4, 0.5) is 10.1 Å². The lowest BCUT2D eigenvalue weighted by Gasteiger charge is -2.23. The smallest absolute Gasteiger partial charge is 0.258 e. The summed E-state index contributed by atoms with van der Waals surface area (Å²) >= 11 is 0. The van der Waals surface area contributed by atoms with Crippen molar-refractivity contribution in [1.29, 1.82) is 0 Å². The number of anilines is 1. The third kappa shape index (κ3) is 6.71. The zero-order valence-electron chi connectivity index (χ0n) is 19.2. The van der Waals surface area contributed by atoms with Crippen molar-refractivity contribution in [2.24, 2.45) is 0 Å². The molecule has 0 aromatic heterocycles. The maximum Gasteiger partial charge on any atom is 0.258 e. The molecule has 9 heteroatoms. The molecule has 1 amide bonds. The number of benzene rings is 3. The van der Waals surface area contributed by atoms with Gasteiger partial charge in [0, 0.05) is 5.56 Å². The largest absolute Gasteiger partial charge is 0.496 e. The number of nitrogens with zero attached hydrogens (tertiary/aromatic N) is 1. The number of nitrogens with one attached hydrogen (secondary N) is 1. The fourth-order valence-electron chi connectivity index (χ4n) is 3.40. The van der Waals surface area contributed by atoms with Crippen molar-refractivity contribution in [2.75, 3.05) is 24.3 Å². The fraction of sp³-hybridized carbons (Fsp3) is 0.240. The summed E-state index contributed by atoms with van der Waals surface area (Å²) < 4.78 is 49.9. The zero-order valence-corrected chi connectivity index (χ0v) is 20.0. The van der Waals surface area contributed by atoms with Crippen LogP contribution in [-0.4, -0.2) is 34.3 Å². The Hall–Kier alpha value is -3.59. The number of amides is 1. The van der Waals surface area contributed by atoms with Crippen LogP contribution in [0.25, 0.3) is 0 Å². The van der Waals surface area contributed by atoms with Crippen LogP contribution >= 0.6 is 0 Å². The molecule has 0 aliphatic heterocycles. The van der Waals surface area contributed by atoms with Crippen molar-refractivity contribution in [3.8, 4) is 11.5 Å². The highest BCUT2D eigenvalue weighted by molar-refractivity contribution is 7.92. The molecule has 34 heavy (non-hydrogen) atoms. The Labute approximate surface area is 199 Å². The van der Waals surface area contributed by atoms with Crippen LogP contribution in [0.5, 0.6) is 11.5 Å². The van der Waals surface area contributed by atoms with E-state index in [0.29, 0.717) is 22.7 Å². The molecule has 0 saturated heterocycles. The van der Waals surface area contributed by atoms with Crippen LogP contribution in [0.1, 0.15) is 24.1 Å². The van der Waals surface area contributed by atoms with Crippen molar-refractivity contribution in [1.82, 2.24) is 5.32 Å². The van der Waals surface area contributed by atoms with Gasteiger partial charge in [-0.15, -0.1) is 0 Å². The van der Waals surface area contributed by atoms with E-state index in [4.69, 9.17) is 9.47 Å². The predicted octanol–water partition coefficient (Wildman–Crippen LogP) is 4.06. The van der Waals surface area contributed by atoms with Gasteiger partial charge in [0.25, 0.3) is 5.91 Å². The summed E-state index contributed by atoms with van der Waals surface area (Å²) in [7, 11) is -2.01. The van der Waals surface area contributed by atoms with E-state index in [1.165, 1.54) is 28.6 Å². The number of sulfonamides is 1. The first-order valence-electron chi connectivity index (χ1n) is 10.5. The highest BCUT2D eigenvalue weighted by Gasteiger charge is 2.18. The number of halogens is 1. The summed E-state index contributed by atoms with van der Waals surface area (Å²) in [6, 6.07) is 19.2. The van der Waals surface area contributed by atoms with Crippen LogP contribution in [0, 0.1) is 5.82 Å². The minimum atomic E-state index is -3.59. The molecule has 3 rings (SSSR count).